The number of aliphatic hydroxyl groups is 1. The average molecular weight is 421 g/mol. The number of piperidine rings is 1. The third kappa shape index (κ3) is 2.60. The molecule has 0 unspecified atom stereocenters. The molecule has 4 rings (SSSR count). The summed E-state index contributed by atoms with van der Waals surface area (Å²) in [5.74, 6) is 0.673. The fraction of sp³-hybridized carbons (Fsp3) is 0.467. The van der Waals surface area contributed by atoms with E-state index in [1.54, 1.807) is 6.07 Å². The van der Waals surface area contributed by atoms with Gasteiger partial charge in [0.1, 0.15) is 11.3 Å². The maximum Gasteiger partial charge on any atom is 0.225 e. The van der Waals surface area contributed by atoms with Gasteiger partial charge in [0.2, 0.25) is 5.28 Å². The normalized spacial score (nSPS) is 27.0. The monoisotopic (exact) mass is 419 g/mol. The summed E-state index contributed by atoms with van der Waals surface area (Å²) in [5.41, 5.74) is 0.148. The number of anilines is 1. The van der Waals surface area contributed by atoms with Crippen molar-refractivity contribution in [3.63, 3.8) is 0 Å². The molecule has 3 atom stereocenters. The van der Waals surface area contributed by atoms with Gasteiger partial charge >= 0.3 is 0 Å². The number of benzene rings is 1. The predicted molar refractivity (Wildman–Crippen MR) is 91.6 cm³/mol. The molecule has 2 aromatic rings. The van der Waals surface area contributed by atoms with Crippen molar-refractivity contribution in [2.45, 2.75) is 18.9 Å². The summed E-state index contributed by atoms with van der Waals surface area (Å²) >= 11 is 15.2. The Labute approximate surface area is 150 Å². The first kappa shape index (κ1) is 15.8. The van der Waals surface area contributed by atoms with Crippen LogP contribution >= 0.6 is 39.1 Å². The Morgan fingerprint density at radius 3 is 2.78 bits per heavy atom. The van der Waals surface area contributed by atoms with E-state index in [0.717, 1.165) is 19.4 Å². The molecule has 2 aliphatic rings. The summed E-state index contributed by atoms with van der Waals surface area (Å²) in [6.45, 7) is 1.45. The molecule has 0 radical (unpaired) electrons. The Balaban J connectivity index is 1.87. The average Bonchev–Trinajstić information content (AvgIpc) is 2.77. The van der Waals surface area contributed by atoms with Crippen molar-refractivity contribution < 1.29 is 9.50 Å². The summed E-state index contributed by atoms with van der Waals surface area (Å²) < 4.78 is 14.6. The second kappa shape index (κ2) is 5.69. The molecular formula is C15H13BrCl2FN3O. The number of hydrogen-bond donors (Lipinski definition) is 1. The van der Waals surface area contributed by atoms with E-state index in [1.807, 2.05) is 0 Å². The molecule has 1 aliphatic carbocycles. The van der Waals surface area contributed by atoms with Crippen LogP contribution in [-0.4, -0.2) is 34.3 Å². The molecule has 1 aliphatic heterocycles. The summed E-state index contributed by atoms with van der Waals surface area (Å²) in [6.07, 6.45) is 1.55. The number of hydrogen-bond acceptors (Lipinski definition) is 4. The second-order valence-corrected chi connectivity index (χ2v) is 7.81. The SMILES string of the molecule is O[C@@H]1C[C@@H]2C[C@H]1CN(c1nc(Cl)nc3c(F)c(Br)c(Cl)cc13)C2. The van der Waals surface area contributed by atoms with Gasteiger partial charge in [0.05, 0.1) is 15.6 Å². The van der Waals surface area contributed by atoms with Crippen molar-refractivity contribution in [3.8, 4) is 0 Å². The third-order valence-electron chi connectivity index (χ3n) is 4.77. The van der Waals surface area contributed by atoms with E-state index in [1.165, 1.54) is 0 Å². The Kier molecular flexibility index (Phi) is 3.91. The quantitative estimate of drug-likeness (QED) is 0.558. The minimum atomic E-state index is -0.543. The van der Waals surface area contributed by atoms with Crippen LogP contribution in [0.5, 0.6) is 0 Å². The van der Waals surface area contributed by atoms with E-state index in [-0.39, 0.29) is 32.3 Å². The van der Waals surface area contributed by atoms with Gasteiger partial charge in [-0.05, 0) is 52.4 Å². The Morgan fingerprint density at radius 1 is 1.26 bits per heavy atom. The molecule has 2 fully saturated rings. The Morgan fingerprint density at radius 2 is 2.04 bits per heavy atom. The number of fused-ring (bicyclic) bond motifs is 3. The Bertz CT molecular complexity index is 804. The van der Waals surface area contributed by atoms with Crippen LogP contribution in [0.4, 0.5) is 10.2 Å². The maximum absolute atomic E-state index is 14.5. The van der Waals surface area contributed by atoms with Gasteiger partial charge in [-0.15, -0.1) is 0 Å². The number of aromatic nitrogens is 2. The molecule has 1 aromatic carbocycles. The van der Waals surface area contributed by atoms with E-state index in [4.69, 9.17) is 23.2 Å². The van der Waals surface area contributed by atoms with E-state index in [2.05, 4.69) is 30.8 Å². The molecule has 4 nitrogen and oxygen atoms in total. The smallest absolute Gasteiger partial charge is 0.225 e. The van der Waals surface area contributed by atoms with Gasteiger partial charge < -0.3 is 10.0 Å². The number of aliphatic hydroxyl groups excluding tert-OH is 1. The molecule has 1 saturated heterocycles. The zero-order valence-corrected chi connectivity index (χ0v) is 15.0. The maximum atomic E-state index is 14.5. The van der Waals surface area contributed by atoms with Crippen molar-refractivity contribution in [2.75, 3.05) is 18.0 Å². The van der Waals surface area contributed by atoms with Crippen LogP contribution in [0.25, 0.3) is 10.9 Å². The van der Waals surface area contributed by atoms with Crippen molar-refractivity contribution in [1.82, 2.24) is 9.97 Å². The molecular weight excluding hydrogens is 408 g/mol. The summed E-state index contributed by atoms with van der Waals surface area (Å²) in [7, 11) is 0. The lowest BCUT2D eigenvalue weighted by Gasteiger charge is -2.33. The first-order valence-electron chi connectivity index (χ1n) is 7.37. The van der Waals surface area contributed by atoms with Gasteiger partial charge in [0, 0.05) is 24.4 Å². The van der Waals surface area contributed by atoms with Crippen LogP contribution < -0.4 is 4.90 Å². The van der Waals surface area contributed by atoms with Gasteiger partial charge in [-0.3, -0.25) is 0 Å². The lowest BCUT2D eigenvalue weighted by molar-refractivity contribution is 0.137. The third-order valence-corrected chi connectivity index (χ3v) is 6.24. The minimum absolute atomic E-state index is 0.000841. The van der Waals surface area contributed by atoms with Crippen molar-refractivity contribution >= 4 is 55.9 Å². The topological polar surface area (TPSA) is 49.2 Å². The first-order valence-corrected chi connectivity index (χ1v) is 8.92. The fourth-order valence-electron chi connectivity index (χ4n) is 3.77. The highest BCUT2D eigenvalue weighted by Gasteiger charge is 2.40. The summed E-state index contributed by atoms with van der Waals surface area (Å²) in [5, 5.41) is 10.9. The highest BCUT2D eigenvalue weighted by atomic mass is 79.9. The molecule has 1 N–H and O–H groups in total. The highest BCUT2D eigenvalue weighted by Crippen LogP contribution is 2.41. The van der Waals surface area contributed by atoms with Gasteiger partial charge in [-0.2, -0.15) is 4.98 Å². The van der Waals surface area contributed by atoms with Gasteiger partial charge in [0.15, 0.2) is 5.82 Å². The van der Waals surface area contributed by atoms with Crippen LogP contribution in [0.2, 0.25) is 10.3 Å². The number of nitrogens with zero attached hydrogens (tertiary/aromatic N) is 3. The van der Waals surface area contributed by atoms with E-state index >= 15 is 0 Å². The molecule has 2 bridgehead atoms. The van der Waals surface area contributed by atoms with Crippen molar-refractivity contribution in [1.29, 1.82) is 0 Å². The van der Waals surface area contributed by atoms with Gasteiger partial charge in [-0.25, -0.2) is 9.37 Å². The lowest BCUT2D eigenvalue weighted by Crippen LogP contribution is -2.38. The minimum Gasteiger partial charge on any atom is -0.393 e. The van der Waals surface area contributed by atoms with Crippen molar-refractivity contribution in [3.05, 3.63) is 26.7 Å². The van der Waals surface area contributed by atoms with Gasteiger partial charge in [-0.1, -0.05) is 11.6 Å². The zero-order valence-electron chi connectivity index (χ0n) is 11.9. The van der Waals surface area contributed by atoms with Gasteiger partial charge in [0.25, 0.3) is 0 Å². The summed E-state index contributed by atoms with van der Waals surface area (Å²) in [6, 6.07) is 1.66. The van der Waals surface area contributed by atoms with Crippen LogP contribution in [0.3, 0.4) is 0 Å². The Hall–Kier alpha value is -0.690. The summed E-state index contributed by atoms with van der Waals surface area (Å²) in [4.78, 5) is 10.4. The molecule has 0 amide bonds. The van der Waals surface area contributed by atoms with Crippen molar-refractivity contribution in [2.24, 2.45) is 11.8 Å². The zero-order chi connectivity index (χ0) is 16.3. The standard InChI is InChI=1S/C15H13BrCl2FN3O/c16-11-9(17)3-8-13(12(11)19)20-15(18)21-14(8)22-4-6-1-7(5-22)10(23)2-6/h3,6-7,10,23H,1-2,4-5H2/t6-,7-,10+/m0/s1. The molecule has 8 heteroatoms. The van der Waals surface area contributed by atoms with E-state index in [9.17, 15) is 9.50 Å². The number of halogens is 4. The fourth-order valence-corrected chi connectivity index (χ4v) is 4.43. The number of rotatable bonds is 1. The lowest BCUT2D eigenvalue weighted by atomic mass is 9.98. The van der Waals surface area contributed by atoms with Crippen LogP contribution in [0, 0.1) is 17.7 Å². The molecule has 23 heavy (non-hydrogen) atoms. The molecule has 1 aromatic heterocycles. The molecule has 2 heterocycles. The molecule has 0 spiro atoms. The first-order chi connectivity index (χ1) is 10.9. The second-order valence-electron chi connectivity index (χ2n) is 6.27. The van der Waals surface area contributed by atoms with E-state index in [0.29, 0.717) is 23.7 Å². The predicted octanol–water partition coefficient (Wildman–Crippen LogP) is 4.05. The molecule has 1 saturated carbocycles. The van der Waals surface area contributed by atoms with E-state index < -0.39 is 5.82 Å². The highest BCUT2D eigenvalue weighted by molar-refractivity contribution is 9.10. The van der Waals surface area contributed by atoms with Crippen LogP contribution in [-0.2, 0) is 0 Å². The largest absolute Gasteiger partial charge is 0.393 e. The van der Waals surface area contributed by atoms with Crippen LogP contribution in [0.15, 0.2) is 10.5 Å². The van der Waals surface area contributed by atoms with Crippen LogP contribution in [0.1, 0.15) is 12.8 Å². The molecule has 122 valence electrons.